The van der Waals surface area contributed by atoms with Gasteiger partial charge in [0.25, 0.3) is 0 Å². The number of hydrogen-bond donors (Lipinski definition) is 1. The summed E-state index contributed by atoms with van der Waals surface area (Å²) in [5, 5.41) is 9.21. The molecule has 0 bridgehead atoms. The van der Waals surface area contributed by atoms with Crippen LogP contribution < -0.4 is 5.73 Å². The molecule has 2 rings (SSSR count). The summed E-state index contributed by atoms with van der Waals surface area (Å²) in [5.74, 6) is 0. The van der Waals surface area contributed by atoms with Crippen molar-refractivity contribution in [3.63, 3.8) is 0 Å². The molecule has 2 aromatic heterocycles. The Morgan fingerprint density at radius 3 is 2.93 bits per heavy atom. The molecule has 0 radical (unpaired) electrons. The van der Waals surface area contributed by atoms with Crippen molar-refractivity contribution in [2.75, 3.05) is 5.73 Å². The molecule has 0 saturated carbocycles. The number of nitrogens with two attached hydrogens (primary N) is 1. The number of hydrogen-bond acceptors (Lipinski definition) is 6. The van der Waals surface area contributed by atoms with Crippen molar-refractivity contribution >= 4 is 27.8 Å². The van der Waals surface area contributed by atoms with Crippen LogP contribution in [0.25, 0.3) is 9.88 Å². The third-order valence-electron chi connectivity index (χ3n) is 1.76. The Morgan fingerprint density at radius 1 is 1.43 bits per heavy atom. The minimum Gasteiger partial charge on any atom is -0.374 e. The summed E-state index contributed by atoms with van der Waals surface area (Å²) >= 11 is 3.01. The van der Waals surface area contributed by atoms with Crippen molar-refractivity contribution in [2.24, 2.45) is 0 Å². The third kappa shape index (κ3) is 1.76. The lowest BCUT2D eigenvalue weighted by atomic mass is 10.2. The predicted molar refractivity (Wildman–Crippen MR) is 59.4 cm³/mol. The Balaban J connectivity index is 2.36. The van der Waals surface area contributed by atoms with Gasteiger partial charge in [-0.1, -0.05) is 24.7 Å². The van der Waals surface area contributed by atoms with Crippen LogP contribution in [0.2, 0.25) is 0 Å². The smallest absolute Gasteiger partial charge is 0.203 e. The lowest BCUT2D eigenvalue weighted by Gasteiger charge is -1.94. The van der Waals surface area contributed by atoms with E-state index in [2.05, 4.69) is 22.1 Å². The summed E-state index contributed by atoms with van der Waals surface area (Å²) in [7, 11) is 0. The van der Waals surface area contributed by atoms with Gasteiger partial charge in [0, 0.05) is 0 Å². The molecule has 0 atom stereocenters. The fraction of sp³-hybridized carbons (Fsp3) is 0.375. The van der Waals surface area contributed by atoms with E-state index in [4.69, 9.17) is 5.73 Å². The van der Waals surface area contributed by atoms with Crippen LogP contribution in [0, 0.1) is 0 Å². The molecular weight excluding hydrogens is 216 g/mol. The van der Waals surface area contributed by atoms with Crippen molar-refractivity contribution in [1.82, 2.24) is 15.2 Å². The van der Waals surface area contributed by atoms with Gasteiger partial charge in [-0.3, -0.25) is 0 Å². The lowest BCUT2D eigenvalue weighted by Crippen LogP contribution is -1.85. The standard InChI is InChI=1S/C8H10N4S2/c1-2-3-5-6(13-4-10-5)7-11-12-8(9)14-7/h4H,2-3H2,1H3,(H2,9,12). The van der Waals surface area contributed by atoms with Crippen molar-refractivity contribution < 1.29 is 0 Å². The maximum atomic E-state index is 5.54. The summed E-state index contributed by atoms with van der Waals surface area (Å²) in [5.41, 5.74) is 8.49. The highest BCUT2D eigenvalue weighted by atomic mass is 32.1. The number of thiazole rings is 1. The van der Waals surface area contributed by atoms with Gasteiger partial charge in [-0.05, 0) is 6.42 Å². The zero-order valence-electron chi connectivity index (χ0n) is 7.73. The highest BCUT2D eigenvalue weighted by molar-refractivity contribution is 7.22. The maximum absolute atomic E-state index is 5.54. The molecule has 0 aromatic carbocycles. The molecule has 0 aliphatic rings. The first-order valence-electron chi connectivity index (χ1n) is 4.33. The van der Waals surface area contributed by atoms with Crippen molar-refractivity contribution in [3.8, 4) is 9.88 Å². The fourth-order valence-electron chi connectivity index (χ4n) is 1.18. The van der Waals surface area contributed by atoms with E-state index in [1.807, 2.05) is 5.51 Å². The molecule has 2 aromatic rings. The second kappa shape index (κ2) is 4.02. The average molecular weight is 226 g/mol. The normalized spacial score (nSPS) is 10.6. The maximum Gasteiger partial charge on any atom is 0.203 e. The number of aryl methyl sites for hydroxylation is 1. The lowest BCUT2D eigenvalue weighted by molar-refractivity contribution is 0.893. The van der Waals surface area contributed by atoms with E-state index in [1.54, 1.807) is 11.3 Å². The Kier molecular flexibility index (Phi) is 2.74. The van der Waals surface area contributed by atoms with Crippen LogP contribution in [0.5, 0.6) is 0 Å². The second-order valence-electron chi connectivity index (χ2n) is 2.82. The van der Waals surface area contributed by atoms with Gasteiger partial charge in [0.05, 0.1) is 16.1 Å². The molecule has 14 heavy (non-hydrogen) atoms. The SMILES string of the molecule is CCCc1ncsc1-c1nnc(N)s1. The highest BCUT2D eigenvalue weighted by Crippen LogP contribution is 2.31. The Hall–Kier alpha value is -1.01. The van der Waals surface area contributed by atoms with Crippen LogP contribution in [0.4, 0.5) is 5.13 Å². The third-order valence-corrected chi connectivity index (χ3v) is 3.54. The summed E-state index contributed by atoms with van der Waals surface area (Å²) in [6, 6.07) is 0. The van der Waals surface area contributed by atoms with Gasteiger partial charge < -0.3 is 5.73 Å². The predicted octanol–water partition coefficient (Wildman–Crippen LogP) is 2.20. The van der Waals surface area contributed by atoms with Gasteiger partial charge >= 0.3 is 0 Å². The van der Waals surface area contributed by atoms with E-state index in [9.17, 15) is 0 Å². The molecule has 0 amide bonds. The van der Waals surface area contributed by atoms with Gasteiger partial charge in [0.15, 0.2) is 5.01 Å². The number of nitrogens with zero attached hydrogens (tertiary/aromatic N) is 3. The van der Waals surface area contributed by atoms with Crippen LogP contribution in [0.1, 0.15) is 19.0 Å². The molecule has 6 heteroatoms. The van der Waals surface area contributed by atoms with Crippen LogP contribution in [-0.2, 0) is 6.42 Å². The van der Waals surface area contributed by atoms with E-state index in [0.717, 1.165) is 28.4 Å². The van der Waals surface area contributed by atoms with Gasteiger partial charge in [0.2, 0.25) is 5.13 Å². The zero-order chi connectivity index (χ0) is 9.97. The van der Waals surface area contributed by atoms with Crippen molar-refractivity contribution in [2.45, 2.75) is 19.8 Å². The Labute approximate surface area is 89.8 Å². The van der Waals surface area contributed by atoms with Gasteiger partial charge in [-0.2, -0.15) is 0 Å². The zero-order valence-corrected chi connectivity index (χ0v) is 9.36. The topological polar surface area (TPSA) is 64.7 Å². The summed E-state index contributed by atoms with van der Waals surface area (Å²) in [4.78, 5) is 5.42. The molecule has 2 heterocycles. The first-order chi connectivity index (χ1) is 6.81. The monoisotopic (exact) mass is 226 g/mol. The molecule has 0 unspecified atom stereocenters. The van der Waals surface area contributed by atoms with Crippen LogP contribution >= 0.6 is 22.7 Å². The summed E-state index contributed by atoms with van der Waals surface area (Å²) in [6.07, 6.45) is 2.07. The Morgan fingerprint density at radius 2 is 2.29 bits per heavy atom. The van der Waals surface area contributed by atoms with E-state index in [1.165, 1.54) is 11.3 Å². The van der Waals surface area contributed by atoms with E-state index in [-0.39, 0.29) is 0 Å². The summed E-state index contributed by atoms with van der Waals surface area (Å²) in [6.45, 7) is 2.14. The number of aromatic nitrogens is 3. The first kappa shape index (κ1) is 9.54. The van der Waals surface area contributed by atoms with Crippen molar-refractivity contribution in [3.05, 3.63) is 11.2 Å². The molecule has 2 N–H and O–H groups in total. The second-order valence-corrected chi connectivity index (χ2v) is 4.69. The molecule has 0 spiro atoms. The summed E-state index contributed by atoms with van der Waals surface area (Å²) < 4.78 is 0. The number of nitrogen functional groups attached to an aromatic ring is 1. The van der Waals surface area contributed by atoms with Crippen molar-refractivity contribution in [1.29, 1.82) is 0 Å². The Bertz CT molecular complexity index is 420. The van der Waals surface area contributed by atoms with Gasteiger partial charge in [-0.25, -0.2) is 4.98 Å². The molecule has 0 fully saturated rings. The number of anilines is 1. The highest BCUT2D eigenvalue weighted by Gasteiger charge is 2.11. The van der Waals surface area contributed by atoms with E-state index < -0.39 is 0 Å². The quantitative estimate of drug-likeness (QED) is 0.871. The van der Waals surface area contributed by atoms with E-state index >= 15 is 0 Å². The average Bonchev–Trinajstić information content (AvgIpc) is 2.74. The van der Waals surface area contributed by atoms with Gasteiger partial charge in [0.1, 0.15) is 0 Å². The molecule has 0 aliphatic carbocycles. The molecule has 0 aliphatic heterocycles. The largest absolute Gasteiger partial charge is 0.374 e. The van der Waals surface area contributed by atoms with Crippen LogP contribution in [0.15, 0.2) is 5.51 Å². The number of rotatable bonds is 3. The fourth-order valence-corrected chi connectivity index (χ4v) is 2.74. The first-order valence-corrected chi connectivity index (χ1v) is 6.02. The minimum absolute atomic E-state index is 0.510. The van der Waals surface area contributed by atoms with E-state index in [0.29, 0.717) is 5.13 Å². The molecule has 0 saturated heterocycles. The molecule has 74 valence electrons. The minimum atomic E-state index is 0.510. The van der Waals surface area contributed by atoms with Gasteiger partial charge in [-0.15, -0.1) is 21.5 Å². The molecular formula is C8H10N4S2. The van der Waals surface area contributed by atoms with Crippen LogP contribution in [-0.4, -0.2) is 15.2 Å². The molecule has 4 nitrogen and oxygen atoms in total. The van der Waals surface area contributed by atoms with Crippen LogP contribution in [0.3, 0.4) is 0 Å².